The lowest BCUT2D eigenvalue weighted by Crippen LogP contribution is -2.42. The van der Waals surface area contributed by atoms with Crippen LogP contribution in [0.5, 0.6) is 0 Å². The van der Waals surface area contributed by atoms with Crippen molar-refractivity contribution in [2.24, 2.45) is 5.41 Å². The van der Waals surface area contributed by atoms with Crippen LogP contribution in [0.15, 0.2) is 54.7 Å². The third-order valence-electron chi connectivity index (χ3n) is 8.78. The lowest BCUT2D eigenvalue weighted by Gasteiger charge is -2.44. The van der Waals surface area contributed by atoms with Gasteiger partial charge in [0.25, 0.3) is 0 Å². The molecule has 0 bridgehead atoms. The number of benzene rings is 2. The van der Waals surface area contributed by atoms with Crippen LogP contribution in [0, 0.1) is 12.3 Å². The molecule has 0 saturated heterocycles. The zero-order valence-electron chi connectivity index (χ0n) is 20.7. The molecule has 0 amide bonds. The van der Waals surface area contributed by atoms with E-state index in [0.29, 0.717) is 5.92 Å². The number of rotatable bonds is 3. The van der Waals surface area contributed by atoms with Gasteiger partial charge in [0, 0.05) is 17.3 Å². The lowest BCUT2D eigenvalue weighted by atomic mass is 9.59. The Balaban J connectivity index is 1.88. The van der Waals surface area contributed by atoms with Crippen molar-refractivity contribution in [2.45, 2.75) is 79.1 Å². The van der Waals surface area contributed by atoms with Crippen LogP contribution in [0.3, 0.4) is 0 Å². The van der Waals surface area contributed by atoms with Crippen molar-refractivity contribution in [3.8, 4) is 22.4 Å². The smallest absolute Gasteiger partial charge is 0.0705 e. The van der Waals surface area contributed by atoms with Crippen molar-refractivity contribution < 1.29 is 0 Å². The van der Waals surface area contributed by atoms with Gasteiger partial charge in [-0.05, 0) is 69.0 Å². The highest BCUT2D eigenvalue weighted by atomic mass is 14.7. The molecule has 31 heavy (non-hydrogen) atoms. The highest BCUT2D eigenvalue weighted by molar-refractivity contribution is 5.73. The Morgan fingerprint density at radius 1 is 0.742 bits per heavy atom. The molecule has 1 aliphatic carbocycles. The van der Waals surface area contributed by atoms with E-state index in [1.807, 2.05) is 6.20 Å². The standard InChI is InChI=1S/C30H37N/c1-19(2)23-16-25-26(29(6,7)30(8,9)28(25,4)5)17-24(23)27-15-14-21(18-31-27)22-13-11-10-12-20(22)3/h10-19H,1-9H3. The van der Waals surface area contributed by atoms with Gasteiger partial charge in [0.05, 0.1) is 5.69 Å². The summed E-state index contributed by atoms with van der Waals surface area (Å²) >= 11 is 0. The Morgan fingerprint density at radius 2 is 1.35 bits per heavy atom. The minimum absolute atomic E-state index is 0.0944. The highest BCUT2D eigenvalue weighted by Gasteiger charge is 2.57. The molecule has 4 rings (SSSR count). The molecule has 0 N–H and O–H groups in total. The quantitative estimate of drug-likeness (QED) is 0.421. The van der Waals surface area contributed by atoms with E-state index in [1.165, 1.54) is 38.9 Å². The van der Waals surface area contributed by atoms with Crippen molar-refractivity contribution in [2.75, 3.05) is 0 Å². The van der Waals surface area contributed by atoms with Crippen molar-refractivity contribution in [3.63, 3.8) is 0 Å². The normalized spacial score (nSPS) is 18.3. The second-order valence-corrected chi connectivity index (χ2v) is 11.3. The molecule has 1 heterocycles. The third-order valence-corrected chi connectivity index (χ3v) is 8.78. The molecule has 3 aromatic rings. The Kier molecular flexibility index (Phi) is 4.96. The van der Waals surface area contributed by atoms with Crippen LogP contribution in [-0.4, -0.2) is 4.98 Å². The number of nitrogens with zero attached hydrogens (tertiary/aromatic N) is 1. The maximum absolute atomic E-state index is 4.96. The number of aromatic nitrogens is 1. The van der Waals surface area contributed by atoms with Crippen LogP contribution in [0.1, 0.15) is 83.6 Å². The molecule has 1 aromatic heterocycles. The Morgan fingerprint density at radius 3 is 1.90 bits per heavy atom. The topological polar surface area (TPSA) is 12.9 Å². The van der Waals surface area contributed by atoms with Gasteiger partial charge in [0.15, 0.2) is 0 Å². The number of fused-ring (bicyclic) bond motifs is 1. The van der Waals surface area contributed by atoms with Gasteiger partial charge in [-0.2, -0.15) is 0 Å². The summed E-state index contributed by atoms with van der Waals surface area (Å²) in [5, 5.41) is 0. The highest BCUT2D eigenvalue weighted by Crippen LogP contribution is 2.62. The first-order chi connectivity index (χ1) is 14.4. The summed E-state index contributed by atoms with van der Waals surface area (Å²) in [5.74, 6) is 0.445. The minimum atomic E-state index is 0.0944. The SMILES string of the molecule is Cc1ccccc1-c1ccc(-c2cc3c(cc2C(C)C)C(C)(C)C(C)(C)C3(C)C)nc1. The number of pyridine rings is 1. The van der Waals surface area contributed by atoms with Gasteiger partial charge in [0.2, 0.25) is 0 Å². The fourth-order valence-electron chi connectivity index (χ4n) is 5.41. The molecule has 2 aromatic carbocycles. The van der Waals surface area contributed by atoms with E-state index in [0.717, 1.165) is 5.69 Å². The molecular weight excluding hydrogens is 374 g/mol. The monoisotopic (exact) mass is 411 g/mol. The summed E-state index contributed by atoms with van der Waals surface area (Å²) in [6.07, 6.45) is 2.04. The van der Waals surface area contributed by atoms with Crippen molar-refractivity contribution >= 4 is 0 Å². The molecule has 1 heteroatoms. The molecule has 162 valence electrons. The van der Waals surface area contributed by atoms with Crippen LogP contribution in [-0.2, 0) is 10.8 Å². The first-order valence-corrected chi connectivity index (χ1v) is 11.6. The van der Waals surface area contributed by atoms with E-state index < -0.39 is 0 Å². The zero-order chi connectivity index (χ0) is 22.8. The number of hydrogen-bond donors (Lipinski definition) is 0. The van der Waals surface area contributed by atoms with Gasteiger partial charge in [-0.25, -0.2) is 0 Å². The van der Waals surface area contributed by atoms with Gasteiger partial charge >= 0.3 is 0 Å². The summed E-state index contributed by atoms with van der Waals surface area (Å²) in [4.78, 5) is 4.96. The van der Waals surface area contributed by atoms with Crippen LogP contribution in [0.2, 0.25) is 0 Å². The molecular formula is C30H37N. The Labute approximate surface area is 189 Å². The number of hydrogen-bond acceptors (Lipinski definition) is 1. The van der Waals surface area contributed by atoms with E-state index in [1.54, 1.807) is 0 Å². The largest absolute Gasteiger partial charge is 0.256 e. The minimum Gasteiger partial charge on any atom is -0.256 e. The summed E-state index contributed by atoms with van der Waals surface area (Å²) in [7, 11) is 0. The molecule has 0 radical (unpaired) electrons. The fourth-order valence-corrected chi connectivity index (χ4v) is 5.41. The van der Waals surface area contributed by atoms with Gasteiger partial charge in [-0.15, -0.1) is 0 Å². The Bertz CT molecular complexity index is 1130. The van der Waals surface area contributed by atoms with Gasteiger partial charge < -0.3 is 0 Å². The summed E-state index contributed by atoms with van der Waals surface area (Å²) in [6.45, 7) is 21.3. The maximum Gasteiger partial charge on any atom is 0.0705 e. The molecule has 1 nitrogen and oxygen atoms in total. The molecule has 1 aliphatic rings. The van der Waals surface area contributed by atoms with Crippen LogP contribution < -0.4 is 0 Å². The molecule has 0 atom stereocenters. The second kappa shape index (κ2) is 7.05. The van der Waals surface area contributed by atoms with Crippen molar-refractivity contribution in [1.29, 1.82) is 0 Å². The first kappa shape index (κ1) is 21.8. The third kappa shape index (κ3) is 3.08. The van der Waals surface area contributed by atoms with Crippen molar-refractivity contribution in [3.05, 3.63) is 77.0 Å². The van der Waals surface area contributed by atoms with Gasteiger partial charge in [-0.3, -0.25) is 4.98 Å². The van der Waals surface area contributed by atoms with Crippen LogP contribution in [0.4, 0.5) is 0 Å². The first-order valence-electron chi connectivity index (χ1n) is 11.6. The molecule has 0 fully saturated rings. The lowest BCUT2D eigenvalue weighted by molar-refractivity contribution is 0.125. The van der Waals surface area contributed by atoms with Crippen LogP contribution in [0.25, 0.3) is 22.4 Å². The van der Waals surface area contributed by atoms with Gasteiger partial charge in [-0.1, -0.05) is 91.8 Å². The van der Waals surface area contributed by atoms with Gasteiger partial charge in [0.1, 0.15) is 0 Å². The van der Waals surface area contributed by atoms with E-state index in [9.17, 15) is 0 Å². The average Bonchev–Trinajstić information content (AvgIpc) is 2.82. The molecule has 0 unspecified atom stereocenters. The average molecular weight is 412 g/mol. The number of aryl methyl sites for hydroxylation is 1. The fraction of sp³-hybridized carbons (Fsp3) is 0.433. The summed E-state index contributed by atoms with van der Waals surface area (Å²) < 4.78 is 0. The van der Waals surface area contributed by atoms with E-state index >= 15 is 0 Å². The molecule has 0 saturated carbocycles. The zero-order valence-corrected chi connectivity index (χ0v) is 20.7. The van der Waals surface area contributed by atoms with E-state index in [2.05, 4.69) is 111 Å². The predicted molar refractivity (Wildman–Crippen MR) is 134 cm³/mol. The summed E-state index contributed by atoms with van der Waals surface area (Å²) in [5.41, 5.74) is 10.8. The Hall–Kier alpha value is -2.41. The predicted octanol–water partition coefficient (Wildman–Crippen LogP) is 8.44. The van der Waals surface area contributed by atoms with Crippen LogP contribution >= 0.6 is 0 Å². The molecule has 0 aliphatic heterocycles. The maximum atomic E-state index is 4.96. The summed E-state index contributed by atoms with van der Waals surface area (Å²) in [6, 6.07) is 17.9. The van der Waals surface area contributed by atoms with E-state index in [-0.39, 0.29) is 16.2 Å². The second-order valence-electron chi connectivity index (χ2n) is 11.3. The van der Waals surface area contributed by atoms with E-state index in [4.69, 9.17) is 4.98 Å². The van der Waals surface area contributed by atoms with Crippen molar-refractivity contribution in [1.82, 2.24) is 4.98 Å². The molecule has 0 spiro atoms.